The monoisotopic (exact) mass is 523 g/mol. The fraction of sp³-hybridized carbons (Fsp3) is 0.303. The van der Waals surface area contributed by atoms with E-state index in [1.165, 1.54) is 49.1 Å². The van der Waals surface area contributed by atoms with E-state index < -0.39 is 8.80 Å². The molecule has 36 heavy (non-hydrogen) atoms. The third kappa shape index (κ3) is 3.58. The molecule has 0 amide bonds. The lowest BCUT2D eigenvalue weighted by Crippen LogP contribution is -2.22. The summed E-state index contributed by atoms with van der Waals surface area (Å²) in [7, 11) is -0.504. The average Bonchev–Trinajstić information content (AvgIpc) is 3.51. The molecule has 0 saturated heterocycles. The van der Waals surface area contributed by atoms with Crippen molar-refractivity contribution in [3.63, 3.8) is 0 Å². The Kier molecular flexibility index (Phi) is 5.64. The minimum Gasteiger partial charge on any atom is -0.141 e. The maximum Gasteiger partial charge on any atom is 0.0826 e. The molecule has 2 heterocycles. The van der Waals surface area contributed by atoms with Gasteiger partial charge in [-0.15, -0.1) is 21.8 Å². The number of benzene rings is 2. The first-order chi connectivity index (χ1) is 17.1. The minimum absolute atomic E-state index is 0.0813. The molecule has 0 fully saturated rings. The van der Waals surface area contributed by atoms with E-state index in [1.54, 1.807) is 19.5 Å². The van der Waals surface area contributed by atoms with E-state index in [4.69, 9.17) is 0 Å². The SMILES string of the molecule is CC1=Cc2c(-c3ccc(C(C)(C)C)cc3)cccc2C1S1=C2C(=c3cc(C)sc3=C2[Si](C)C)C=C1C. The number of hydrogen-bond donors (Lipinski definition) is 0. The van der Waals surface area contributed by atoms with Crippen LogP contribution < -0.4 is 9.75 Å². The predicted octanol–water partition coefficient (Wildman–Crippen LogP) is 8.15. The summed E-state index contributed by atoms with van der Waals surface area (Å²) < 4.78 is 1.57. The molecule has 0 spiro atoms. The molecule has 2 unspecified atom stereocenters. The topological polar surface area (TPSA) is 0 Å². The third-order valence-electron chi connectivity index (χ3n) is 7.76. The van der Waals surface area contributed by atoms with Gasteiger partial charge in [0.2, 0.25) is 0 Å². The molecular weight excluding hydrogens is 489 g/mol. The van der Waals surface area contributed by atoms with Crippen molar-refractivity contribution in [1.82, 2.24) is 0 Å². The summed E-state index contributed by atoms with van der Waals surface area (Å²) in [6, 6.07) is 18.7. The lowest BCUT2D eigenvalue weighted by molar-refractivity contribution is 0.590. The molecule has 0 saturated carbocycles. The summed E-state index contributed by atoms with van der Waals surface area (Å²) in [5.41, 5.74) is 10.3. The largest absolute Gasteiger partial charge is 0.141 e. The number of aryl methyl sites for hydroxylation is 1. The summed E-state index contributed by atoms with van der Waals surface area (Å²) in [4.78, 5) is 4.67. The second-order valence-corrected chi connectivity index (χ2v) is 17.7. The molecular formula is C33H35S2Si. The highest BCUT2D eigenvalue weighted by molar-refractivity contribution is 8.21. The zero-order valence-corrected chi connectivity index (χ0v) is 25.3. The highest BCUT2D eigenvalue weighted by Gasteiger charge is 2.36. The molecule has 2 atom stereocenters. The zero-order chi connectivity index (χ0) is 25.5. The van der Waals surface area contributed by atoms with Crippen LogP contribution in [-0.2, 0) is 5.41 Å². The summed E-state index contributed by atoms with van der Waals surface area (Å²) in [5.74, 6) is 0. The first-order valence-corrected chi connectivity index (χ1v) is 17.5. The Hall–Kier alpha value is -2.20. The van der Waals surface area contributed by atoms with Gasteiger partial charge in [-0.1, -0.05) is 88.0 Å². The van der Waals surface area contributed by atoms with E-state index >= 15 is 0 Å². The molecule has 2 aliphatic carbocycles. The first kappa shape index (κ1) is 24.2. The molecule has 183 valence electrons. The van der Waals surface area contributed by atoms with Crippen molar-refractivity contribution in [1.29, 1.82) is 0 Å². The summed E-state index contributed by atoms with van der Waals surface area (Å²) >= 11 is 2.01. The minimum atomic E-state index is -0.585. The summed E-state index contributed by atoms with van der Waals surface area (Å²) in [6.07, 6.45) is 5.02. The number of rotatable bonds is 3. The van der Waals surface area contributed by atoms with Crippen molar-refractivity contribution in [3.05, 3.63) is 96.4 Å². The van der Waals surface area contributed by atoms with Gasteiger partial charge in [0.05, 0.1) is 14.0 Å². The van der Waals surface area contributed by atoms with Gasteiger partial charge in [0.25, 0.3) is 0 Å². The smallest absolute Gasteiger partial charge is 0.0826 e. The fourth-order valence-corrected chi connectivity index (χ4v) is 12.8. The van der Waals surface area contributed by atoms with Crippen molar-refractivity contribution in [2.45, 2.75) is 65.3 Å². The fourth-order valence-electron chi connectivity index (χ4n) is 6.05. The second kappa shape index (κ2) is 8.41. The molecule has 6 rings (SSSR count). The van der Waals surface area contributed by atoms with Gasteiger partial charge in [0, 0.05) is 19.5 Å². The molecule has 0 bridgehead atoms. The zero-order valence-electron chi connectivity index (χ0n) is 22.7. The van der Waals surface area contributed by atoms with Crippen LogP contribution in [0.4, 0.5) is 0 Å². The molecule has 1 radical (unpaired) electrons. The Morgan fingerprint density at radius 3 is 2.31 bits per heavy atom. The molecule has 1 aliphatic heterocycles. The van der Waals surface area contributed by atoms with E-state index in [0.29, 0.717) is 5.25 Å². The van der Waals surface area contributed by atoms with Crippen molar-refractivity contribution < 1.29 is 0 Å². The molecule has 0 nitrogen and oxygen atoms in total. The molecule has 0 N–H and O–H groups in total. The Balaban J connectivity index is 1.52. The standard InChI is InChI=1S/C33H35S2Si/c1-19-16-26-24(22-12-14-23(15-13-22)33(4,5)6)10-9-11-25(26)30(19)35-21(3)18-28-27-17-20(2)34-29(27)32(31(28)35)36(7)8/h9-18,30H,1-8H3. The van der Waals surface area contributed by atoms with Crippen LogP contribution >= 0.6 is 21.8 Å². The van der Waals surface area contributed by atoms with Crippen molar-refractivity contribution in [2.75, 3.05) is 0 Å². The maximum absolute atomic E-state index is 2.53. The van der Waals surface area contributed by atoms with Crippen molar-refractivity contribution in [3.8, 4) is 11.1 Å². The van der Waals surface area contributed by atoms with E-state index in [-0.39, 0.29) is 15.9 Å². The lowest BCUT2D eigenvalue weighted by atomic mass is 9.86. The van der Waals surface area contributed by atoms with Crippen molar-refractivity contribution in [2.24, 2.45) is 0 Å². The lowest BCUT2D eigenvalue weighted by Gasteiger charge is -2.24. The molecule has 1 aromatic heterocycles. The van der Waals surface area contributed by atoms with Gasteiger partial charge in [0.15, 0.2) is 0 Å². The van der Waals surface area contributed by atoms with E-state index in [2.05, 4.69) is 115 Å². The van der Waals surface area contributed by atoms with Crippen LogP contribution in [0.5, 0.6) is 0 Å². The Morgan fingerprint density at radius 2 is 1.64 bits per heavy atom. The number of thiophene rings is 1. The van der Waals surface area contributed by atoms with Crippen LogP contribution in [0.2, 0.25) is 13.1 Å². The van der Waals surface area contributed by atoms with Gasteiger partial charge in [-0.25, -0.2) is 0 Å². The quantitative estimate of drug-likeness (QED) is 0.240. The van der Waals surface area contributed by atoms with Crippen LogP contribution in [-0.4, -0.2) is 13.7 Å². The Bertz CT molecular complexity index is 1650. The van der Waals surface area contributed by atoms with Crippen LogP contribution in [0.1, 0.15) is 61.4 Å². The normalized spacial score (nSPS) is 20.6. The van der Waals surface area contributed by atoms with E-state index in [9.17, 15) is 0 Å². The third-order valence-corrected chi connectivity index (χ3v) is 13.5. The van der Waals surface area contributed by atoms with E-state index in [0.717, 1.165) is 0 Å². The molecule has 3 heteroatoms. The number of fused-ring (bicyclic) bond motifs is 3. The highest BCUT2D eigenvalue weighted by atomic mass is 32.2. The van der Waals surface area contributed by atoms with Gasteiger partial charge in [-0.05, 0) is 81.8 Å². The van der Waals surface area contributed by atoms with Crippen LogP contribution in [0.3, 0.4) is 0 Å². The van der Waals surface area contributed by atoms with Crippen LogP contribution in [0.25, 0.3) is 28.0 Å². The van der Waals surface area contributed by atoms with Crippen molar-refractivity contribution >= 4 is 52.3 Å². The predicted molar refractivity (Wildman–Crippen MR) is 166 cm³/mol. The van der Waals surface area contributed by atoms with Gasteiger partial charge >= 0.3 is 0 Å². The van der Waals surface area contributed by atoms with Gasteiger partial charge in [0.1, 0.15) is 0 Å². The highest BCUT2D eigenvalue weighted by Crippen LogP contribution is 2.57. The van der Waals surface area contributed by atoms with Crippen LogP contribution in [0.15, 0.2) is 65.1 Å². The van der Waals surface area contributed by atoms with E-state index in [1.807, 2.05) is 11.3 Å². The number of hydrogen-bond acceptors (Lipinski definition) is 1. The summed E-state index contributed by atoms with van der Waals surface area (Å²) in [6.45, 7) is 18.8. The van der Waals surface area contributed by atoms with Gasteiger partial charge in [-0.3, -0.25) is 0 Å². The first-order valence-electron chi connectivity index (χ1n) is 12.9. The molecule has 3 aromatic rings. The average molecular weight is 524 g/mol. The second-order valence-electron chi connectivity index (χ2n) is 11.7. The van der Waals surface area contributed by atoms with Gasteiger partial charge < -0.3 is 0 Å². The van der Waals surface area contributed by atoms with Gasteiger partial charge in [-0.2, -0.15) is 0 Å². The summed E-state index contributed by atoms with van der Waals surface area (Å²) in [5, 5.41) is 3.66. The molecule has 3 aliphatic rings. The number of allylic oxidation sites excluding steroid dienone is 2. The Labute approximate surface area is 224 Å². The Morgan fingerprint density at radius 1 is 0.917 bits per heavy atom. The maximum atomic E-state index is 2.53. The van der Waals surface area contributed by atoms with Crippen LogP contribution in [0, 0.1) is 6.92 Å². The molecule has 2 aromatic carbocycles.